The molecule has 0 radical (unpaired) electrons. The van der Waals surface area contributed by atoms with Crippen molar-refractivity contribution in [2.24, 2.45) is 0 Å². The molecule has 1 N–H and O–H groups in total. The van der Waals surface area contributed by atoms with Crippen molar-refractivity contribution >= 4 is 29.1 Å². The highest BCUT2D eigenvalue weighted by molar-refractivity contribution is 6.30. The number of amides is 1. The molecular weight excluding hydrogens is 441 g/mol. The zero-order valence-corrected chi connectivity index (χ0v) is 18.5. The number of carbonyl (C=O) groups excluding carboxylic acids is 1. The number of aromatic nitrogens is 3. The largest absolute Gasteiger partial charge is 0.352 e. The molecule has 10 heteroatoms. The van der Waals surface area contributed by atoms with E-state index >= 15 is 0 Å². The average Bonchev–Trinajstić information content (AvgIpc) is 2.72. The smallest absolute Gasteiger partial charge is 0.349 e. The number of halogens is 2. The van der Waals surface area contributed by atoms with E-state index in [-0.39, 0.29) is 12.2 Å². The second-order valence-electron chi connectivity index (χ2n) is 7.10. The minimum absolute atomic E-state index is 0.0632. The summed E-state index contributed by atoms with van der Waals surface area (Å²) < 4.78 is 1.98. The summed E-state index contributed by atoms with van der Waals surface area (Å²) in [6.45, 7) is 0.840. The van der Waals surface area contributed by atoms with Crippen LogP contribution in [0, 0.1) is 0 Å². The maximum Gasteiger partial charge on any atom is 0.352 e. The Balaban J connectivity index is 2.10. The van der Waals surface area contributed by atoms with Gasteiger partial charge >= 0.3 is 5.69 Å². The van der Waals surface area contributed by atoms with Crippen molar-refractivity contribution in [3.05, 3.63) is 90.7 Å². The molecule has 0 unspecified atom stereocenters. The molecule has 0 aliphatic carbocycles. The van der Waals surface area contributed by atoms with Crippen LogP contribution in [-0.2, 0) is 6.54 Å². The molecule has 0 aliphatic heterocycles. The fourth-order valence-corrected chi connectivity index (χ4v) is 3.18. The van der Waals surface area contributed by atoms with Crippen molar-refractivity contribution in [1.29, 1.82) is 0 Å². The van der Waals surface area contributed by atoms with Gasteiger partial charge in [-0.2, -0.15) is 9.78 Å². The molecule has 0 saturated carbocycles. The summed E-state index contributed by atoms with van der Waals surface area (Å²) in [5.74, 6) is -0.658. The van der Waals surface area contributed by atoms with Gasteiger partial charge in [0.2, 0.25) is 5.69 Å². The zero-order valence-electron chi connectivity index (χ0n) is 17.0. The Hall–Kier alpha value is -2.94. The zero-order chi connectivity index (χ0) is 22.5. The number of benzene rings is 2. The number of nitrogens with one attached hydrogen (secondary N) is 1. The number of rotatable bonds is 7. The third-order valence-electron chi connectivity index (χ3n) is 4.42. The van der Waals surface area contributed by atoms with Crippen LogP contribution in [-0.4, -0.2) is 52.3 Å². The van der Waals surface area contributed by atoms with Gasteiger partial charge in [0.1, 0.15) is 0 Å². The van der Waals surface area contributed by atoms with Gasteiger partial charge in [-0.1, -0.05) is 35.3 Å². The van der Waals surface area contributed by atoms with E-state index < -0.39 is 17.2 Å². The second-order valence-corrected chi connectivity index (χ2v) is 7.97. The molecule has 162 valence electrons. The summed E-state index contributed by atoms with van der Waals surface area (Å²) in [7, 11) is 3.73. The molecule has 0 fully saturated rings. The highest BCUT2D eigenvalue weighted by Crippen LogP contribution is 2.12. The molecule has 0 saturated heterocycles. The van der Waals surface area contributed by atoms with Crippen molar-refractivity contribution in [3.8, 4) is 5.69 Å². The summed E-state index contributed by atoms with van der Waals surface area (Å²) in [6, 6.07) is 13.1. The molecule has 1 aromatic heterocycles. The Labute approximate surface area is 188 Å². The van der Waals surface area contributed by atoms with Gasteiger partial charge in [0, 0.05) is 23.1 Å². The highest BCUT2D eigenvalue weighted by Gasteiger charge is 2.20. The monoisotopic (exact) mass is 461 g/mol. The Bertz CT molecular complexity index is 1200. The molecule has 0 aliphatic rings. The van der Waals surface area contributed by atoms with Gasteiger partial charge < -0.3 is 10.2 Å². The fraction of sp³-hybridized carbons (Fsp3) is 0.238. The first-order valence-corrected chi connectivity index (χ1v) is 10.2. The predicted octanol–water partition coefficient (Wildman–Crippen LogP) is 2.04. The highest BCUT2D eigenvalue weighted by atomic mass is 35.5. The van der Waals surface area contributed by atoms with E-state index in [0.29, 0.717) is 34.4 Å². The maximum atomic E-state index is 13.1. The van der Waals surface area contributed by atoms with Crippen molar-refractivity contribution in [3.63, 3.8) is 0 Å². The normalized spacial score (nSPS) is 11.0. The number of hydrogen-bond acceptors (Lipinski definition) is 5. The van der Waals surface area contributed by atoms with Crippen LogP contribution < -0.4 is 16.6 Å². The molecule has 0 spiro atoms. The molecule has 1 heterocycles. The van der Waals surface area contributed by atoms with Crippen molar-refractivity contribution in [1.82, 2.24) is 24.6 Å². The lowest BCUT2D eigenvalue weighted by Crippen LogP contribution is -2.46. The Kier molecular flexibility index (Phi) is 7.27. The number of carbonyl (C=O) groups is 1. The van der Waals surface area contributed by atoms with Crippen LogP contribution in [0.1, 0.15) is 16.1 Å². The van der Waals surface area contributed by atoms with Gasteiger partial charge in [-0.05, 0) is 56.1 Å². The molecule has 1 amide bonds. The summed E-state index contributed by atoms with van der Waals surface area (Å²) >= 11 is 12.0. The van der Waals surface area contributed by atoms with E-state index in [1.54, 1.807) is 48.5 Å². The van der Waals surface area contributed by atoms with Gasteiger partial charge in [-0.15, -0.1) is 0 Å². The third kappa shape index (κ3) is 5.61. The van der Waals surface area contributed by atoms with Crippen LogP contribution in [0.15, 0.2) is 58.1 Å². The van der Waals surface area contributed by atoms with Gasteiger partial charge in [0.05, 0.1) is 12.2 Å². The Morgan fingerprint density at radius 1 is 1.06 bits per heavy atom. The van der Waals surface area contributed by atoms with E-state index in [1.807, 2.05) is 19.0 Å². The lowest BCUT2D eigenvalue weighted by Gasteiger charge is -2.13. The first-order valence-electron chi connectivity index (χ1n) is 9.44. The van der Waals surface area contributed by atoms with E-state index in [0.717, 1.165) is 9.25 Å². The molecule has 3 rings (SSSR count). The molecular formula is C21H21Cl2N5O3. The van der Waals surface area contributed by atoms with Crippen molar-refractivity contribution in [2.75, 3.05) is 27.2 Å². The van der Waals surface area contributed by atoms with Crippen LogP contribution in [0.25, 0.3) is 5.69 Å². The molecule has 8 nitrogen and oxygen atoms in total. The number of likely N-dealkylation sites (N-methyl/N-ethyl adjacent to an activating group) is 1. The van der Waals surface area contributed by atoms with E-state index in [1.165, 1.54) is 0 Å². The number of hydrogen-bond donors (Lipinski definition) is 1. The first-order chi connectivity index (χ1) is 14.8. The predicted molar refractivity (Wildman–Crippen MR) is 121 cm³/mol. The molecule has 2 aromatic carbocycles. The third-order valence-corrected chi connectivity index (χ3v) is 4.91. The SMILES string of the molecule is CN(C)CCNC(=O)c1nn(-c2ccc(Cl)cc2)c(=O)n(Cc2cccc(Cl)c2)c1=O. The minimum Gasteiger partial charge on any atom is -0.349 e. The van der Waals surface area contributed by atoms with Crippen LogP contribution in [0.3, 0.4) is 0 Å². The van der Waals surface area contributed by atoms with Crippen LogP contribution in [0.2, 0.25) is 10.0 Å². The quantitative estimate of drug-likeness (QED) is 0.581. The van der Waals surface area contributed by atoms with Gasteiger partial charge in [-0.3, -0.25) is 14.2 Å². The van der Waals surface area contributed by atoms with Crippen LogP contribution in [0.5, 0.6) is 0 Å². The summed E-state index contributed by atoms with van der Waals surface area (Å²) in [5, 5.41) is 7.68. The van der Waals surface area contributed by atoms with Gasteiger partial charge in [0.15, 0.2) is 0 Å². The second kappa shape index (κ2) is 9.91. The summed E-state index contributed by atoms with van der Waals surface area (Å²) in [5.41, 5.74) is -0.832. The molecule has 0 atom stereocenters. The van der Waals surface area contributed by atoms with E-state index in [2.05, 4.69) is 10.4 Å². The molecule has 0 bridgehead atoms. The van der Waals surface area contributed by atoms with Gasteiger partial charge in [0.25, 0.3) is 11.5 Å². The van der Waals surface area contributed by atoms with Crippen LogP contribution in [0.4, 0.5) is 0 Å². The lowest BCUT2D eigenvalue weighted by molar-refractivity contribution is 0.0941. The first kappa shape index (κ1) is 22.7. The summed E-state index contributed by atoms with van der Waals surface area (Å²) in [4.78, 5) is 40.7. The summed E-state index contributed by atoms with van der Waals surface area (Å²) in [6.07, 6.45) is 0. The minimum atomic E-state index is -0.780. The van der Waals surface area contributed by atoms with Crippen molar-refractivity contribution < 1.29 is 4.79 Å². The fourth-order valence-electron chi connectivity index (χ4n) is 2.84. The van der Waals surface area contributed by atoms with E-state index in [4.69, 9.17) is 23.2 Å². The topological polar surface area (TPSA) is 89.2 Å². The Morgan fingerprint density at radius 2 is 1.77 bits per heavy atom. The molecule has 31 heavy (non-hydrogen) atoms. The maximum absolute atomic E-state index is 13.1. The number of nitrogens with zero attached hydrogens (tertiary/aromatic N) is 4. The average molecular weight is 462 g/mol. The van der Waals surface area contributed by atoms with Crippen LogP contribution >= 0.6 is 23.2 Å². The lowest BCUT2D eigenvalue weighted by atomic mass is 10.2. The van der Waals surface area contributed by atoms with E-state index in [9.17, 15) is 14.4 Å². The molecule has 3 aromatic rings. The van der Waals surface area contributed by atoms with Crippen molar-refractivity contribution in [2.45, 2.75) is 6.54 Å². The Morgan fingerprint density at radius 3 is 2.42 bits per heavy atom. The van der Waals surface area contributed by atoms with Gasteiger partial charge in [-0.25, -0.2) is 4.79 Å². The standard InChI is InChI=1S/C21H21Cl2N5O3/c1-26(2)11-10-24-19(29)18-20(30)27(13-14-4-3-5-16(23)12-14)21(31)28(25-18)17-8-6-15(22)7-9-17/h3-9,12H,10-11,13H2,1-2H3,(H,24,29).